The van der Waals surface area contributed by atoms with Crippen molar-refractivity contribution >= 4 is 50.6 Å². The second kappa shape index (κ2) is 14.8. The van der Waals surface area contributed by atoms with E-state index in [1.807, 2.05) is 53.6 Å². The summed E-state index contributed by atoms with van der Waals surface area (Å²) in [4.78, 5) is 10.3. The van der Waals surface area contributed by atoms with E-state index in [2.05, 4.69) is 144 Å². The van der Waals surface area contributed by atoms with Crippen molar-refractivity contribution in [3.05, 3.63) is 188 Å². The van der Waals surface area contributed by atoms with Crippen molar-refractivity contribution in [1.29, 1.82) is 0 Å². The van der Waals surface area contributed by atoms with E-state index in [0.29, 0.717) is 5.69 Å². The number of pyridine rings is 1. The first-order valence-electron chi connectivity index (χ1n) is 19.4. The molecular weight excluding hydrogens is 872 g/mol. The third-order valence-electron chi connectivity index (χ3n) is 10.1. The van der Waals surface area contributed by atoms with Crippen LogP contribution in [-0.4, -0.2) is 23.2 Å². The Bertz CT molecular complexity index is 2870. The summed E-state index contributed by atoms with van der Waals surface area (Å²) in [7, 11) is 0. The maximum atomic E-state index is 8.14. The van der Waals surface area contributed by atoms with E-state index in [-0.39, 0.29) is 27.7 Å². The van der Waals surface area contributed by atoms with Gasteiger partial charge < -0.3 is 14.4 Å². The molecule has 0 unspecified atom stereocenters. The average Bonchev–Trinajstić information content (AvgIpc) is 3.81. The maximum Gasteiger partial charge on any atom is 2.00 e. The van der Waals surface area contributed by atoms with E-state index >= 15 is 0 Å². The topological polar surface area (TPSA) is 24.3 Å². The molecule has 0 radical (unpaired) electrons. The number of anilines is 3. The van der Waals surface area contributed by atoms with Gasteiger partial charge in [-0.15, -0.1) is 45.1 Å². The SMILES string of the molecule is [2H]C([2H])([2H])N1CN(c2[c-]c(Sc3[c-]c4c(cc3)c3ccccc3n4-c3cc(-c4c(-c5ccccc5)cccc4-c4ccccc4)ccn3)ccc2)c2ccccc21.[Pt+2]. The molecule has 0 fully saturated rings. The van der Waals surface area contributed by atoms with Gasteiger partial charge in [-0.05, 0) is 69.1 Å². The van der Waals surface area contributed by atoms with E-state index < -0.39 is 6.98 Å². The quantitative estimate of drug-likeness (QED) is 0.149. The Labute approximate surface area is 344 Å². The molecule has 1 aliphatic heterocycles. The molecule has 3 heterocycles. The van der Waals surface area contributed by atoms with Crippen LogP contribution in [-0.2, 0) is 21.1 Å². The first kappa shape index (κ1) is 31.5. The van der Waals surface area contributed by atoms with Crippen LogP contribution in [0.15, 0.2) is 186 Å². The minimum atomic E-state index is -2.26. The van der Waals surface area contributed by atoms with E-state index in [1.165, 1.54) is 4.90 Å². The van der Waals surface area contributed by atoms with Gasteiger partial charge in [0.05, 0.1) is 18.0 Å². The summed E-state index contributed by atoms with van der Waals surface area (Å²) in [5.41, 5.74) is 11.2. The van der Waals surface area contributed by atoms with Gasteiger partial charge in [0.2, 0.25) is 0 Å². The van der Waals surface area contributed by atoms with Crippen molar-refractivity contribution in [2.75, 3.05) is 23.4 Å². The Balaban J connectivity index is 0.00000436. The summed E-state index contributed by atoms with van der Waals surface area (Å²) >= 11 is 1.58. The van der Waals surface area contributed by atoms with Crippen molar-refractivity contribution in [3.63, 3.8) is 0 Å². The normalized spacial score (nSPS) is 13.3. The molecule has 0 N–H and O–H groups in total. The predicted octanol–water partition coefficient (Wildman–Crippen LogP) is 12.5. The molecule has 4 nitrogen and oxygen atoms in total. The number of nitrogens with zero attached hydrogens (tertiary/aromatic N) is 4. The van der Waals surface area contributed by atoms with Crippen LogP contribution in [0.1, 0.15) is 4.11 Å². The Kier molecular flexibility index (Phi) is 8.44. The van der Waals surface area contributed by atoms with Crippen molar-refractivity contribution < 1.29 is 25.2 Å². The van der Waals surface area contributed by atoms with Gasteiger partial charge in [-0.2, -0.15) is 24.3 Å². The molecular formula is C49H34N4PtS. The third-order valence-corrected chi connectivity index (χ3v) is 11.0. The molecule has 10 rings (SSSR count). The van der Waals surface area contributed by atoms with Crippen molar-refractivity contribution in [2.45, 2.75) is 9.79 Å². The number of hydrogen-bond donors (Lipinski definition) is 0. The summed E-state index contributed by atoms with van der Waals surface area (Å²) in [6.45, 7) is -2.04. The summed E-state index contributed by atoms with van der Waals surface area (Å²) in [6.07, 6.45) is 1.91. The van der Waals surface area contributed by atoms with E-state index in [1.54, 1.807) is 11.8 Å². The number of benzene rings is 7. The van der Waals surface area contributed by atoms with E-state index in [4.69, 9.17) is 9.10 Å². The Morgan fingerprint density at radius 2 is 1.27 bits per heavy atom. The van der Waals surface area contributed by atoms with Crippen molar-refractivity contribution in [2.24, 2.45) is 0 Å². The second-order valence-electron chi connectivity index (χ2n) is 13.3. The molecule has 0 atom stereocenters. The molecule has 9 aromatic rings. The largest absolute Gasteiger partial charge is 2.00 e. The molecule has 266 valence electrons. The van der Waals surface area contributed by atoms with Crippen LogP contribution < -0.4 is 9.80 Å². The first-order chi connectivity index (χ1) is 27.9. The van der Waals surface area contributed by atoms with Gasteiger partial charge >= 0.3 is 21.1 Å². The van der Waals surface area contributed by atoms with Gasteiger partial charge in [0.15, 0.2) is 0 Å². The number of aromatic nitrogens is 2. The molecule has 2 aromatic heterocycles. The maximum absolute atomic E-state index is 8.14. The molecule has 55 heavy (non-hydrogen) atoms. The molecule has 0 amide bonds. The molecule has 0 saturated heterocycles. The first-order valence-corrected chi connectivity index (χ1v) is 18.7. The molecule has 7 aromatic carbocycles. The Hall–Kier alpha value is -5.87. The fourth-order valence-electron chi connectivity index (χ4n) is 7.64. The van der Waals surface area contributed by atoms with Gasteiger partial charge in [-0.25, -0.2) is 4.98 Å². The predicted molar refractivity (Wildman–Crippen MR) is 225 cm³/mol. The zero-order valence-corrected chi connectivity index (χ0v) is 32.6. The van der Waals surface area contributed by atoms with Gasteiger partial charge in [-0.1, -0.05) is 120 Å². The summed E-state index contributed by atoms with van der Waals surface area (Å²) in [6, 6.07) is 65.7. The van der Waals surface area contributed by atoms with Gasteiger partial charge in [-0.3, -0.25) is 0 Å². The molecule has 0 aliphatic carbocycles. The van der Waals surface area contributed by atoms with Crippen LogP contribution in [0.25, 0.3) is 61.0 Å². The number of fused-ring (bicyclic) bond motifs is 4. The zero-order valence-electron chi connectivity index (χ0n) is 32.5. The van der Waals surface area contributed by atoms with Gasteiger partial charge in [0.1, 0.15) is 5.82 Å². The Morgan fingerprint density at radius 3 is 2.04 bits per heavy atom. The number of para-hydroxylation sites is 3. The van der Waals surface area contributed by atoms with Crippen molar-refractivity contribution in [1.82, 2.24) is 9.55 Å². The Morgan fingerprint density at radius 1 is 0.600 bits per heavy atom. The van der Waals surface area contributed by atoms with Crippen LogP contribution >= 0.6 is 11.8 Å². The van der Waals surface area contributed by atoms with Crippen LogP contribution in [0.4, 0.5) is 17.1 Å². The number of hydrogen-bond acceptors (Lipinski definition) is 4. The van der Waals surface area contributed by atoms with Gasteiger partial charge in [0, 0.05) is 22.8 Å². The molecule has 1 aliphatic rings. The average molecular weight is 909 g/mol. The smallest absolute Gasteiger partial charge is 0.355 e. The molecule has 0 spiro atoms. The van der Waals surface area contributed by atoms with Gasteiger partial charge in [0.25, 0.3) is 0 Å². The minimum absolute atomic E-state index is 0. The minimum Gasteiger partial charge on any atom is -0.355 e. The van der Waals surface area contributed by atoms with Crippen LogP contribution in [0.2, 0.25) is 0 Å². The van der Waals surface area contributed by atoms with Crippen LogP contribution in [0.5, 0.6) is 0 Å². The molecule has 0 saturated carbocycles. The molecule has 0 bridgehead atoms. The summed E-state index contributed by atoms with van der Waals surface area (Å²) < 4.78 is 26.6. The van der Waals surface area contributed by atoms with E-state index in [9.17, 15) is 0 Å². The van der Waals surface area contributed by atoms with Crippen LogP contribution in [0, 0.1) is 12.1 Å². The standard InChI is InChI=1S/C49H34N4S.Pt/c1-51-33-52(46-25-11-10-24-45(46)51)37-18-12-19-38(31-37)54-39-26-27-43-42-20-8-9-23-44(42)53(47(43)32-39)48-30-36(28-29-50-48)49-40(34-14-4-2-5-15-34)21-13-22-41(49)35-16-6-3-7-17-35;/h2-30H,33H2,1H3;/q-2;+2/i1D3;. The fraction of sp³-hybridized carbons (Fsp3) is 0.0408. The van der Waals surface area contributed by atoms with Crippen LogP contribution in [0.3, 0.4) is 0 Å². The third kappa shape index (κ3) is 6.34. The monoisotopic (exact) mass is 908 g/mol. The second-order valence-corrected chi connectivity index (χ2v) is 14.4. The fourth-order valence-corrected chi connectivity index (χ4v) is 8.46. The summed E-state index contributed by atoms with van der Waals surface area (Å²) in [5, 5.41) is 2.22. The summed E-state index contributed by atoms with van der Waals surface area (Å²) in [5.74, 6) is 0.805. The van der Waals surface area contributed by atoms with Crippen molar-refractivity contribution in [3.8, 4) is 39.2 Å². The number of rotatable bonds is 7. The molecule has 6 heteroatoms. The van der Waals surface area contributed by atoms with E-state index in [0.717, 1.165) is 82.2 Å². The zero-order chi connectivity index (χ0) is 38.5.